The van der Waals surface area contributed by atoms with Gasteiger partial charge in [-0.15, -0.1) is 0 Å². The fraction of sp³-hybridized carbons (Fsp3) is 0. The zero-order chi connectivity index (χ0) is 15.2. The number of carbonyl (C=O) groups is 1. The molecule has 3 aromatic rings. The number of hydrogen-bond donors (Lipinski definition) is 0. The summed E-state index contributed by atoms with van der Waals surface area (Å²) in [4.78, 5) is 12.6. The summed E-state index contributed by atoms with van der Waals surface area (Å²) in [6.45, 7) is 0. The van der Waals surface area contributed by atoms with Crippen molar-refractivity contribution >= 4 is 34.2 Å². The van der Waals surface area contributed by atoms with Crippen molar-refractivity contribution in [2.45, 2.75) is 0 Å². The van der Waals surface area contributed by atoms with Gasteiger partial charge in [-0.05, 0) is 22.0 Å². The van der Waals surface area contributed by atoms with Gasteiger partial charge in [0.25, 0.3) is 0 Å². The minimum Gasteiger partial charge on any atom is -0.281 e. The van der Waals surface area contributed by atoms with Gasteiger partial charge in [-0.3, -0.25) is 4.79 Å². The first-order valence-electron chi connectivity index (χ1n) is 7.02. The van der Waals surface area contributed by atoms with E-state index in [-0.39, 0.29) is 5.12 Å². The molecule has 1 nitrogen and oxygen atoms in total. The molecule has 3 aromatic carbocycles. The van der Waals surface area contributed by atoms with Crippen LogP contribution in [-0.2, 0) is 0 Å². The van der Waals surface area contributed by atoms with Crippen LogP contribution in [0.2, 0.25) is 0 Å². The molecule has 22 heavy (non-hydrogen) atoms. The molecule has 0 aliphatic rings. The SMILES string of the molecule is O=C(SP(c1ccccc1)c1ccccc1)c1ccccc1. The van der Waals surface area contributed by atoms with E-state index in [2.05, 4.69) is 24.3 Å². The maximum absolute atomic E-state index is 12.6. The standard InChI is InChI=1S/C19H15OPS/c20-19(16-10-4-1-5-11-16)22-21(17-12-6-2-7-13-17)18-14-8-3-9-15-18/h1-15H. The largest absolute Gasteiger partial charge is 0.281 e. The van der Waals surface area contributed by atoms with Gasteiger partial charge in [0, 0.05) is 12.7 Å². The van der Waals surface area contributed by atoms with Crippen molar-refractivity contribution in [3.05, 3.63) is 96.6 Å². The maximum Gasteiger partial charge on any atom is 0.224 e. The van der Waals surface area contributed by atoms with E-state index in [0.29, 0.717) is 0 Å². The van der Waals surface area contributed by atoms with Crippen LogP contribution in [0.5, 0.6) is 0 Å². The van der Waals surface area contributed by atoms with E-state index in [9.17, 15) is 4.79 Å². The molecule has 0 aromatic heterocycles. The highest BCUT2D eigenvalue weighted by molar-refractivity contribution is 8.67. The fourth-order valence-corrected chi connectivity index (χ4v) is 6.07. The molecule has 108 valence electrons. The van der Waals surface area contributed by atoms with Crippen LogP contribution in [0.25, 0.3) is 0 Å². The number of carbonyl (C=O) groups excluding carboxylic acids is 1. The van der Waals surface area contributed by atoms with Crippen molar-refractivity contribution in [3.63, 3.8) is 0 Å². The van der Waals surface area contributed by atoms with Crippen LogP contribution in [0.4, 0.5) is 0 Å². The molecule has 0 amide bonds. The summed E-state index contributed by atoms with van der Waals surface area (Å²) in [5.41, 5.74) is 0.756. The highest BCUT2D eigenvalue weighted by Crippen LogP contribution is 2.49. The van der Waals surface area contributed by atoms with Gasteiger partial charge >= 0.3 is 0 Å². The lowest BCUT2D eigenvalue weighted by Crippen LogP contribution is -2.10. The molecule has 0 unspecified atom stereocenters. The van der Waals surface area contributed by atoms with Crippen molar-refractivity contribution in [2.75, 3.05) is 0 Å². The number of hydrogen-bond acceptors (Lipinski definition) is 2. The normalized spacial score (nSPS) is 10.6. The van der Waals surface area contributed by atoms with Crippen LogP contribution >= 0.6 is 18.5 Å². The third-order valence-corrected chi connectivity index (χ3v) is 7.59. The molecule has 3 rings (SSSR count). The lowest BCUT2D eigenvalue weighted by atomic mass is 10.2. The minimum absolute atomic E-state index is 0.124. The molecule has 0 spiro atoms. The third-order valence-electron chi connectivity index (χ3n) is 3.17. The van der Waals surface area contributed by atoms with Crippen LogP contribution in [0, 0.1) is 0 Å². The van der Waals surface area contributed by atoms with E-state index < -0.39 is 7.12 Å². The molecular weight excluding hydrogens is 307 g/mol. The van der Waals surface area contributed by atoms with E-state index in [1.807, 2.05) is 66.7 Å². The summed E-state index contributed by atoms with van der Waals surface area (Å²) in [5, 5.41) is 2.54. The predicted molar refractivity (Wildman–Crippen MR) is 97.4 cm³/mol. The van der Waals surface area contributed by atoms with Gasteiger partial charge < -0.3 is 0 Å². The van der Waals surface area contributed by atoms with Crippen LogP contribution in [0.3, 0.4) is 0 Å². The smallest absolute Gasteiger partial charge is 0.224 e. The van der Waals surface area contributed by atoms with E-state index in [1.165, 1.54) is 22.0 Å². The molecule has 0 aliphatic carbocycles. The third kappa shape index (κ3) is 3.65. The minimum atomic E-state index is -0.747. The van der Waals surface area contributed by atoms with Gasteiger partial charge in [0.15, 0.2) is 0 Å². The molecule has 3 heteroatoms. The van der Waals surface area contributed by atoms with E-state index in [4.69, 9.17) is 0 Å². The zero-order valence-electron chi connectivity index (χ0n) is 11.9. The summed E-state index contributed by atoms with van der Waals surface area (Å²) < 4.78 is 0. The second kappa shape index (κ2) is 7.40. The Kier molecular flexibility index (Phi) is 5.05. The maximum atomic E-state index is 12.6. The Labute approximate surface area is 135 Å². The second-order valence-electron chi connectivity index (χ2n) is 4.71. The number of benzene rings is 3. The van der Waals surface area contributed by atoms with Crippen molar-refractivity contribution in [1.82, 2.24) is 0 Å². The van der Waals surface area contributed by atoms with E-state index in [1.54, 1.807) is 0 Å². The van der Waals surface area contributed by atoms with Crippen LogP contribution in [-0.4, -0.2) is 5.12 Å². The van der Waals surface area contributed by atoms with Gasteiger partial charge in [0.05, 0.1) is 0 Å². The lowest BCUT2D eigenvalue weighted by molar-refractivity contribution is 0.109. The Morgan fingerprint density at radius 3 is 1.50 bits per heavy atom. The summed E-state index contributed by atoms with van der Waals surface area (Å²) in [6.07, 6.45) is 0. The van der Waals surface area contributed by atoms with Gasteiger partial charge in [-0.2, -0.15) is 0 Å². The molecule has 0 N–H and O–H groups in total. The Morgan fingerprint density at radius 1 is 0.636 bits per heavy atom. The molecule has 0 bridgehead atoms. The summed E-state index contributed by atoms with van der Waals surface area (Å²) in [5.74, 6) is 0. The molecule has 0 saturated carbocycles. The Balaban J connectivity index is 1.91. The molecule has 0 atom stereocenters. The number of rotatable bonds is 4. The lowest BCUT2D eigenvalue weighted by Gasteiger charge is -2.16. The van der Waals surface area contributed by atoms with E-state index >= 15 is 0 Å². The van der Waals surface area contributed by atoms with Crippen molar-refractivity contribution in [2.24, 2.45) is 0 Å². The van der Waals surface area contributed by atoms with Crippen LogP contribution in [0.1, 0.15) is 10.4 Å². The summed E-state index contributed by atoms with van der Waals surface area (Å²) in [6, 6.07) is 30.0. The fourth-order valence-electron chi connectivity index (χ4n) is 2.09. The van der Waals surface area contributed by atoms with Gasteiger partial charge in [-0.1, -0.05) is 91.0 Å². The van der Waals surface area contributed by atoms with Crippen LogP contribution < -0.4 is 10.6 Å². The Hall–Kier alpha value is -1.89. The Bertz CT molecular complexity index is 690. The first-order valence-corrected chi connectivity index (χ1v) is 9.78. The van der Waals surface area contributed by atoms with Gasteiger partial charge in [0.2, 0.25) is 5.12 Å². The topological polar surface area (TPSA) is 17.1 Å². The summed E-state index contributed by atoms with van der Waals surface area (Å²) in [7, 11) is -0.747. The van der Waals surface area contributed by atoms with Crippen molar-refractivity contribution < 1.29 is 4.79 Å². The van der Waals surface area contributed by atoms with Gasteiger partial charge in [0.1, 0.15) is 0 Å². The molecule has 0 saturated heterocycles. The van der Waals surface area contributed by atoms with Crippen molar-refractivity contribution in [1.29, 1.82) is 0 Å². The molecular formula is C19H15OPS. The quantitative estimate of drug-likeness (QED) is 0.653. The van der Waals surface area contributed by atoms with Gasteiger partial charge in [-0.25, -0.2) is 0 Å². The average Bonchev–Trinajstić information content (AvgIpc) is 2.62. The Morgan fingerprint density at radius 2 is 1.05 bits per heavy atom. The predicted octanol–water partition coefficient (Wildman–Crippen LogP) is 4.61. The highest BCUT2D eigenvalue weighted by atomic mass is 32.7. The molecule has 0 radical (unpaired) electrons. The molecule has 0 heterocycles. The average molecular weight is 322 g/mol. The van der Waals surface area contributed by atoms with E-state index in [0.717, 1.165) is 5.56 Å². The first kappa shape index (κ1) is 15.0. The van der Waals surface area contributed by atoms with Crippen LogP contribution in [0.15, 0.2) is 91.0 Å². The molecule has 0 fully saturated rings. The monoisotopic (exact) mass is 322 g/mol. The molecule has 0 aliphatic heterocycles. The summed E-state index contributed by atoms with van der Waals surface area (Å²) >= 11 is 1.43. The highest BCUT2D eigenvalue weighted by Gasteiger charge is 2.19. The zero-order valence-corrected chi connectivity index (χ0v) is 13.6. The van der Waals surface area contributed by atoms with Crippen molar-refractivity contribution in [3.8, 4) is 0 Å². The second-order valence-corrected chi connectivity index (χ2v) is 8.53. The first-order chi connectivity index (χ1) is 10.8.